The molecule has 17 heavy (non-hydrogen) atoms. The molecule has 5 heteroatoms. The molecule has 0 radical (unpaired) electrons. The van der Waals surface area contributed by atoms with Gasteiger partial charge in [-0.2, -0.15) is 0 Å². The molecule has 0 spiro atoms. The third-order valence-electron chi connectivity index (χ3n) is 2.36. The van der Waals surface area contributed by atoms with Gasteiger partial charge in [0.25, 0.3) is 0 Å². The fourth-order valence-corrected chi connectivity index (χ4v) is 1.84. The zero-order valence-corrected chi connectivity index (χ0v) is 12.4. The Morgan fingerprint density at radius 2 is 1.18 bits per heavy atom. The third-order valence-corrected chi connectivity index (χ3v) is 2.36. The SMILES string of the molecule is COC(C(=CN(C)C)C(OC)N(C)C)N(C)C. The highest BCUT2D eigenvalue weighted by Crippen LogP contribution is 2.17. The van der Waals surface area contributed by atoms with Crippen LogP contribution in [0.4, 0.5) is 0 Å². The molecule has 0 aliphatic carbocycles. The van der Waals surface area contributed by atoms with Crippen molar-refractivity contribution >= 4 is 0 Å². The summed E-state index contributed by atoms with van der Waals surface area (Å²) in [6, 6.07) is 0. The van der Waals surface area contributed by atoms with Crippen LogP contribution in [0.3, 0.4) is 0 Å². The second kappa shape index (κ2) is 7.66. The molecule has 0 aliphatic heterocycles. The number of nitrogens with zero attached hydrogens (tertiary/aromatic N) is 3. The van der Waals surface area contributed by atoms with E-state index >= 15 is 0 Å². The number of hydrogen-bond donors (Lipinski definition) is 0. The van der Waals surface area contributed by atoms with Crippen molar-refractivity contribution in [2.24, 2.45) is 0 Å². The number of ether oxygens (including phenoxy) is 2. The van der Waals surface area contributed by atoms with Gasteiger partial charge in [0.1, 0.15) is 12.5 Å². The molecule has 0 aromatic rings. The predicted octanol–water partition coefficient (Wildman–Crippen LogP) is 0.500. The summed E-state index contributed by atoms with van der Waals surface area (Å²) in [7, 11) is 15.3. The molecule has 0 aromatic heterocycles. The van der Waals surface area contributed by atoms with Crippen LogP contribution in [0.15, 0.2) is 11.8 Å². The molecular weight excluding hydrogens is 218 g/mol. The van der Waals surface area contributed by atoms with Gasteiger partial charge in [-0.25, -0.2) is 0 Å². The highest BCUT2D eigenvalue weighted by Gasteiger charge is 2.26. The molecule has 0 amide bonds. The van der Waals surface area contributed by atoms with Gasteiger partial charge >= 0.3 is 0 Å². The monoisotopic (exact) mass is 245 g/mol. The fraction of sp³-hybridized carbons (Fsp3) is 0.833. The van der Waals surface area contributed by atoms with Crippen molar-refractivity contribution in [1.82, 2.24) is 14.7 Å². The number of rotatable bonds is 7. The minimum atomic E-state index is -0.107. The van der Waals surface area contributed by atoms with Crippen LogP contribution < -0.4 is 0 Å². The van der Waals surface area contributed by atoms with Crippen molar-refractivity contribution in [2.75, 3.05) is 56.5 Å². The van der Waals surface area contributed by atoms with Crippen molar-refractivity contribution in [1.29, 1.82) is 0 Å². The first-order valence-electron chi connectivity index (χ1n) is 5.61. The molecule has 0 saturated carbocycles. The Morgan fingerprint density at radius 3 is 1.35 bits per heavy atom. The van der Waals surface area contributed by atoms with Crippen LogP contribution in [0.2, 0.25) is 0 Å². The van der Waals surface area contributed by atoms with Gasteiger partial charge in [-0.05, 0) is 28.2 Å². The standard InChI is InChI=1S/C12H27N3O2/c1-13(2)9-10(11(16-7)14(3)4)12(17-8)15(5)6/h9,11-12H,1-8H3. The molecule has 0 heterocycles. The topological polar surface area (TPSA) is 28.2 Å². The van der Waals surface area contributed by atoms with Crippen LogP contribution in [0.25, 0.3) is 0 Å². The van der Waals surface area contributed by atoms with E-state index in [1.807, 2.05) is 63.2 Å². The van der Waals surface area contributed by atoms with Gasteiger partial charge in [0.05, 0.1) is 0 Å². The first-order valence-corrected chi connectivity index (χ1v) is 5.61. The molecule has 0 bridgehead atoms. The van der Waals surface area contributed by atoms with Crippen LogP contribution in [-0.4, -0.2) is 83.7 Å². The second-order valence-electron chi connectivity index (χ2n) is 4.70. The smallest absolute Gasteiger partial charge is 0.137 e. The van der Waals surface area contributed by atoms with Crippen LogP contribution >= 0.6 is 0 Å². The van der Waals surface area contributed by atoms with E-state index in [2.05, 4.69) is 0 Å². The Labute approximate surface area is 106 Å². The summed E-state index contributed by atoms with van der Waals surface area (Å²) in [6.07, 6.45) is 1.83. The maximum Gasteiger partial charge on any atom is 0.137 e. The summed E-state index contributed by atoms with van der Waals surface area (Å²) < 4.78 is 11.1. The van der Waals surface area contributed by atoms with Crippen LogP contribution in [0.1, 0.15) is 0 Å². The normalized spacial score (nSPS) is 14.9. The largest absolute Gasteiger partial charge is 0.383 e. The van der Waals surface area contributed by atoms with E-state index in [1.54, 1.807) is 14.2 Å². The van der Waals surface area contributed by atoms with Crippen molar-refractivity contribution in [3.63, 3.8) is 0 Å². The van der Waals surface area contributed by atoms with E-state index in [-0.39, 0.29) is 12.5 Å². The van der Waals surface area contributed by atoms with Gasteiger partial charge in [0.15, 0.2) is 0 Å². The van der Waals surface area contributed by atoms with Gasteiger partial charge in [-0.15, -0.1) is 0 Å². The van der Waals surface area contributed by atoms with E-state index in [0.29, 0.717) is 0 Å². The molecule has 102 valence electrons. The first kappa shape index (κ1) is 16.4. The van der Waals surface area contributed by atoms with Gasteiger partial charge in [-0.3, -0.25) is 9.80 Å². The van der Waals surface area contributed by atoms with Crippen LogP contribution in [0.5, 0.6) is 0 Å². The molecule has 0 saturated heterocycles. The van der Waals surface area contributed by atoms with Gasteiger partial charge in [-0.1, -0.05) is 0 Å². The molecule has 0 aliphatic rings. The Hall–Kier alpha value is -0.620. The van der Waals surface area contributed by atoms with Gasteiger partial charge in [0, 0.05) is 40.1 Å². The van der Waals surface area contributed by atoms with E-state index in [1.165, 1.54) is 0 Å². The van der Waals surface area contributed by atoms with E-state index in [0.717, 1.165) is 5.57 Å². The molecule has 2 unspecified atom stereocenters. The Morgan fingerprint density at radius 1 is 0.824 bits per heavy atom. The highest BCUT2D eigenvalue weighted by atomic mass is 16.5. The van der Waals surface area contributed by atoms with Gasteiger partial charge < -0.3 is 14.4 Å². The maximum absolute atomic E-state index is 5.53. The van der Waals surface area contributed by atoms with E-state index in [4.69, 9.17) is 9.47 Å². The number of methoxy groups -OCH3 is 2. The van der Waals surface area contributed by atoms with Crippen molar-refractivity contribution in [3.8, 4) is 0 Å². The lowest BCUT2D eigenvalue weighted by Crippen LogP contribution is -2.43. The average Bonchev–Trinajstić information content (AvgIpc) is 2.17. The zero-order valence-electron chi connectivity index (χ0n) is 12.4. The Bertz CT molecular complexity index is 222. The molecule has 0 N–H and O–H groups in total. The molecule has 0 aromatic carbocycles. The molecule has 0 rings (SSSR count). The summed E-state index contributed by atoms with van der Waals surface area (Å²) >= 11 is 0. The first-order chi connectivity index (χ1) is 7.84. The lowest BCUT2D eigenvalue weighted by molar-refractivity contribution is -0.0357. The van der Waals surface area contributed by atoms with E-state index in [9.17, 15) is 0 Å². The lowest BCUT2D eigenvalue weighted by Gasteiger charge is -2.33. The fourth-order valence-electron chi connectivity index (χ4n) is 1.84. The number of likely N-dealkylation sites (N-methyl/N-ethyl adjacent to an activating group) is 2. The molecule has 0 fully saturated rings. The van der Waals surface area contributed by atoms with Crippen molar-refractivity contribution < 1.29 is 9.47 Å². The highest BCUT2D eigenvalue weighted by molar-refractivity contribution is 5.12. The summed E-state index contributed by atoms with van der Waals surface area (Å²) in [5.74, 6) is 0. The van der Waals surface area contributed by atoms with Crippen molar-refractivity contribution in [2.45, 2.75) is 12.5 Å². The predicted molar refractivity (Wildman–Crippen MR) is 70.7 cm³/mol. The Kier molecular flexibility index (Phi) is 7.38. The molecular formula is C12H27N3O2. The molecule has 5 nitrogen and oxygen atoms in total. The minimum Gasteiger partial charge on any atom is -0.383 e. The Balaban J connectivity index is 5.24. The quantitative estimate of drug-likeness (QED) is 0.609. The van der Waals surface area contributed by atoms with Crippen molar-refractivity contribution in [3.05, 3.63) is 11.8 Å². The van der Waals surface area contributed by atoms with Crippen LogP contribution in [0, 0.1) is 0 Å². The second-order valence-corrected chi connectivity index (χ2v) is 4.70. The summed E-state index contributed by atoms with van der Waals surface area (Å²) in [5.41, 5.74) is 1.06. The van der Waals surface area contributed by atoms with E-state index < -0.39 is 0 Å². The summed E-state index contributed by atoms with van der Waals surface area (Å²) in [4.78, 5) is 6.04. The summed E-state index contributed by atoms with van der Waals surface area (Å²) in [5, 5.41) is 0. The van der Waals surface area contributed by atoms with Crippen LogP contribution in [-0.2, 0) is 9.47 Å². The van der Waals surface area contributed by atoms with Gasteiger partial charge in [0.2, 0.25) is 0 Å². The lowest BCUT2D eigenvalue weighted by atomic mass is 10.2. The number of hydrogen-bond acceptors (Lipinski definition) is 5. The molecule has 2 atom stereocenters. The summed E-state index contributed by atoms with van der Waals surface area (Å²) in [6.45, 7) is 0. The zero-order chi connectivity index (χ0) is 13.6. The maximum atomic E-state index is 5.53. The minimum absolute atomic E-state index is 0.107. The third kappa shape index (κ3) is 5.04. The average molecular weight is 245 g/mol.